The van der Waals surface area contributed by atoms with Crippen molar-refractivity contribution >= 4 is 0 Å². The molecule has 0 bridgehead atoms. The molecule has 3 unspecified atom stereocenters. The Hall–Kier alpha value is -0.120. The zero-order valence-corrected chi connectivity index (χ0v) is 9.91. The summed E-state index contributed by atoms with van der Waals surface area (Å²) in [5.41, 5.74) is 5.81. The Kier molecular flexibility index (Phi) is 6.22. The Morgan fingerprint density at radius 3 is 2.87 bits per heavy atom. The van der Waals surface area contributed by atoms with Gasteiger partial charge in [-0.3, -0.25) is 0 Å². The number of hydrogen-bond acceptors (Lipinski definition) is 3. The summed E-state index contributed by atoms with van der Waals surface area (Å²) in [7, 11) is 0. The molecule has 1 rings (SSSR count). The van der Waals surface area contributed by atoms with E-state index in [1.165, 1.54) is 25.7 Å². The van der Waals surface area contributed by atoms with Crippen LogP contribution in [0.5, 0.6) is 0 Å². The first-order chi connectivity index (χ1) is 7.27. The van der Waals surface area contributed by atoms with Crippen LogP contribution in [0, 0.1) is 11.8 Å². The van der Waals surface area contributed by atoms with Crippen molar-refractivity contribution in [3.63, 3.8) is 0 Å². The molecule has 0 aliphatic heterocycles. The zero-order valence-electron chi connectivity index (χ0n) is 9.91. The van der Waals surface area contributed by atoms with Gasteiger partial charge in [-0.15, -0.1) is 0 Å². The number of nitrogens with two attached hydrogens (primary N) is 1. The summed E-state index contributed by atoms with van der Waals surface area (Å²) < 4.78 is 0. The topological polar surface area (TPSA) is 58.3 Å². The number of aliphatic hydroxyl groups excluding tert-OH is 1. The van der Waals surface area contributed by atoms with E-state index in [2.05, 4.69) is 12.2 Å². The van der Waals surface area contributed by atoms with Crippen LogP contribution >= 0.6 is 0 Å². The Bertz CT molecular complexity index is 164. The summed E-state index contributed by atoms with van der Waals surface area (Å²) in [6, 6.07) is 0.458. The van der Waals surface area contributed by atoms with Crippen LogP contribution in [0.2, 0.25) is 0 Å². The van der Waals surface area contributed by atoms with E-state index in [9.17, 15) is 0 Å². The normalized spacial score (nSPS) is 29.0. The third-order valence-electron chi connectivity index (χ3n) is 3.54. The number of nitrogens with one attached hydrogen (secondary N) is 1. The number of aliphatic hydroxyl groups is 1. The Balaban J connectivity index is 2.29. The third-order valence-corrected chi connectivity index (χ3v) is 3.54. The van der Waals surface area contributed by atoms with Gasteiger partial charge in [-0.2, -0.15) is 0 Å². The van der Waals surface area contributed by atoms with Crippen LogP contribution in [-0.2, 0) is 0 Å². The molecule has 90 valence electrons. The molecule has 0 heterocycles. The minimum absolute atomic E-state index is 0.269. The molecule has 15 heavy (non-hydrogen) atoms. The molecule has 1 aliphatic carbocycles. The van der Waals surface area contributed by atoms with Gasteiger partial charge in [-0.05, 0) is 37.6 Å². The van der Waals surface area contributed by atoms with Gasteiger partial charge >= 0.3 is 0 Å². The second kappa shape index (κ2) is 7.20. The fraction of sp³-hybridized carbons (Fsp3) is 1.00. The average Bonchev–Trinajstić information content (AvgIpc) is 2.24. The minimum Gasteiger partial charge on any atom is -0.396 e. The standard InChI is InChI=1S/C12H26N2O/c1-10-4-2-5-11(8-10)12(9-13)14-6-3-7-15/h10-12,14-15H,2-9,13H2,1H3. The van der Waals surface area contributed by atoms with Gasteiger partial charge < -0.3 is 16.2 Å². The largest absolute Gasteiger partial charge is 0.396 e. The first-order valence-electron chi connectivity index (χ1n) is 6.32. The van der Waals surface area contributed by atoms with E-state index in [1.54, 1.807) is 0 Å². The van der Waals surface area contributed by atoms with Crippen LogP contribution in [0.4, 0.5) is 0 Å². The molecule has 1 fully saturated rings. The van der Waals surface area contributed by atoms with Gasteiger partial charge in [0.25, 0.3) is 0 Å². The SMILES string of the molecule is CC1CCCC(C(CN)NCCCO)C1. The highest BCUT2D eigenvalue weighted by atomic mass is 16.3. The van der Waals surface area contributed by atoms with Crippen molar-refractivity contribution in [1.29, 1.82) is 0 Å². The highest BCUT2D eigenvalue weighted by molar-refractivity contribution is 4.82. The zero-order chi connectivity index (χ0) is 11.1. The van der Waals surface area contributed by atoms with E-state index in [4.69, 9.17) is 10.8 Å². The highest BCUT2D eigenvalue weighted by Gasteiger charge is 2.25. The molecule has 1 saturated carbocycles. The monoisotopic (exact) mass is 214 g/mol. The maximum atomic E-state index is 8.73. The lowest BCUT2D eigenvalue weighted by Gasteiger charge is -2.33. The number of hydrogen-bond donors (Lipinski definition) is 3. The van der Waals surface area contributed by atoms with Crippen LogP contribution in [0.3, 0.4) is 0 Å². The van der Waals surface area contributed by atoms with Crippen molar-refractivity contribution in [2.75, 3.05) is 19.7 Å². The van der Waals surface area contributed by atoms with Crippen LogP contribution in [0.25, 0.3) is 0 Å². The second-order valence-corrected chi connectivity index (χ2v) is 4.91. The molecule has 0 aromatic rings. The first kappa shape index (κ1) is 12.9. The predicted octanol–water partition coefficient (Wildman–Crippen LogP) is 1.11. The maximum absolute atomic E-state index is 8.73. The van der Waals surface area contributed by atoms with Gasteiger partial charge in [0.05, 0.1) is 0 Å². The summed E-state index contributed by atoms with van der Waals surface area (Å²) >= 11 is 0. The molecular weight excluding hydrogens is 188 g/mol. The lowest BCUT2D eigenvalue weighted by molar-refractivity contribution is 0.219. The molecule has 3 nitrogen and oxygen atoms in total. The lowest BCUT2D eigenvalue weighted by Crippen LogP contribution is -2.44. The smallest absolute Gasteiger partial charge is 0.0443 e. The van der Waals surface area contributed by atoms with Gasteiger partial charge in [0, 0.05) is 19.2 Å². The summed E-state index contributed by atoms with van der Waals surface area (Å²) in [5, 5.41) is 12.2. The van der Waals surface area contributed by atoms with Crippen molar-refractivity contribution in [3.05, 3.63) is 0 Å². The Labute approximate surface area is 93.4 Å². The molecule has 1 aliphatic rings. The van der Waals surface area contributed by atoms with Gasteiger partial charge in [0.2, 0.25) is 0 Å². The minimum atomic E-state index is 0.269. The quantitative estimate of drug-likeness (QED) is 0.581. The Morgan fingerprint density at radius 1 is 1.47 bits per heavy atom. The molecule has 0 amide bonds. The highest BCUT2D eigenvalue weighted by Crippen LogP contribution is 2.30. The Morgan fingerprint density at radius 2 is 2.27 bits per heavy atom. The maximum Gasteiger partial charge on any atom is 0.0443 e. The van der Waals surface area contributed by atoms with Crippen molar-refractivity contribution in [3.8, 4) is 0 Å². The number of rotatable bonds is 6. The van der Waals surface area contributed by atoms with Gasteiger partial charge in [-0.25, -0.2) is 0 Å². The summed E-state index contributed by atoms with van der Waals surface area (Å²) in [5.74, 6) is 1.61. The molecule has 4 N–H and O–H groups in total. The van der Waals surface area contributed by atoms with E-state index in [0.717, 1.165) is 31.3 Å². The molecule has 0 saturated heterocycles. The van der Waals surface area contributed by atoms with Gasteiger partial charge in [0.1, 0.15) is 0 Å². The van der Waals surface area contributed by atoms with E-state index < -0.39 is 0 Å². The van der Waals surface area contributed by atoms with Gasteiger partial charge in [0.15, 0.2) is 0 Å². The predicted molar refractivity (Wildman–Crippen MR) is 63.7 cm³/mol. The molecule has 0 aromatic heterocycles. The first-order valence-corrected chi connectivity index (χ1v) is 6.32. The average molecular weight is 214 g/mol. The summed E-state index contributed by atoms with van der Waals surface area (Å²) in [6.07, 6.45) is 6.19. The molecule has 3 heteroatoms. The van der Waals surface area contributed by atoms with E-state index in [0.29, 0.717) is 6.04 Å². The lowest BCUT2D eigenvalue weighted by atomic mass is 9.78. The fourth-order valence-corrected chi connectivity index (χ4v) is 2.66. The summed E-state index contributed by atoms with van der Waals surface area (Å²) in [6.45, 7) is 4.23. The van der Waals surface area contributed by atoms with Crippen molar-refractivity contribution in [2.45, 2.75) is 45.1 Å². The van der Waals surface area contributed by atoms with Gasteiger partial charge in [-0.1, -0.05) is 19.8 Å². The van der Waals surface area contributed by atoms with E-state index in [1.807, 2.05) is 0 Å². The molecular formula is C12H26N2O. The van der Waals surface area contributed by atoms with Crippen LogP contribution in [0.15, 0.2) is 0 Å². The van der Waals surface area contributed by atoms with Crippen molar-refractivity contribution < 1.29 is 5.11 Å². The molecule has 0 spiro atoms. The molecule has 3 atom stereocenters. The van der Waals surface area contributed by atoms with Crippen LogP contribution in [0.1, 0.15) is 39.0 Å². The van der Waals surface area contributed by atoms with Crippen LogP contribution in [-0.4, -0.2) is 30.8 Å². The third kappa shape index (κ3) is 4.49. The fourth-order valence-electron chi connectivity index (χ4n) is 2.66. The van der Waals surface area contributed by atoms with Crippen molar-refractivity contribution in [2.24, 2.45) is 17.6 Å². The van der Waals surface area contributed by atoms with Crippen molar-refractivity contribution in [1.82, 2.24) is 5.32 Å². The summed E-state index contributed by atoms with van der Waals surface area (Å²) in [4.78, 5) is 0. The molecule has 0 aromatic carbocycles. The van der Waals surface area contributed by atoms with Crippen LogP contribution < -0.4 is 11.1 Å². The molecule has 0 radical (unpaired) electrons. The van der Waals surface area contributed by atoms with E-state index in [-0.39, 0.29) is 6.61 Å². The van der Waals surface area contributed by atoms with E-state index >= 15 is 0 Å². The second-order valence-electron chi connectivity index (χ2n) is 4.91.